The van der Waals surface area contributed by atoms with Crippen LogP contribution in [0, 0.1) is 5.41 Å². The molecule has 0 saturated carbocycles. The van der Waals surface area contributed by atoms with E-state index in [0.717, 1.165) is 0 Å². The predicted octanol–water partition coefficient (Wildman–Crippen LogP) is 1.63. The van der Waals surface area contributed by atoms with Crippen molar-refractivity contribution in [3.8, 4) is 0 Å². The Morgan fingerprint density at radius 2 is 1.77 bits per heavy atom. The highest BCUT2D eigenvalue weighted by atomic mass is 79.9. The first kappa shape index (κ1) is 12.6. The van der Waals surface area contributed by atoms with E-state index < -0.39 is 5.41 Å². The van der Waals surface area contributed by atoms with Crippen molar-refractivity contribution < 1.29 is 9.59 Å². The maximum absolute atomic E-state index is 11.2. The molecule has 0 aromatic rings. The van der Waals surface area contributed by atoms with E-state index in [1.807, 2.05) is 13.8 Å². The number of hydrogen-bond donors (Lipinski definition) is 1. The zero-order valence-electron chi connectivity index (χ0n) is 8.10. The summed E-state index contributed by atoms with van der Waals surface area (Å²) in [6.07, 6.45) is 1.50. The van der Waals surface area contributed by atoms with E-state index in [-0.39, 0.29) is 18.1 Å². The molecule has 0 aliphatic heterocycles. The van der Waals surface area contributed by atoms with Crippen LogP contribution >= 0.6 is 15.9 Å². The molecule has 0 aliphatic rings. The van der Waals surface area contributed by atoms with Gasteiger partial charge in [0.05, 0.1) is 10.7 Å². The fourth-order valence-corrected chi connectivity index (χ4v) is 1.56. The Balaban J connectivity index is 4.57. The molecule has 0 atom stereocenters. The van der Waals surface area contributed by atoms with Crippen molar-refractivity contribution in [1.82, 2.24) is 0 Å². The Morgan fingerprint density at radius 1 is 1.31 bits per heavy atom. The summed E-state index contributed by atoms with van der Waals surface area (Å²) >= 11 is 3.07. The van der Waals surface area contributed by atoms with Crippen LogP contribution in [0.5, 0.6) is 0 Å². The van der Waals surface area contributed by atoms with Crippen LogP contribution in [0.2, 0.25) is 0 Å². The molecule has 0 rings (SSSR count). The first-order chi connectivity index (χ1) is 6.02. The van der Waals surface area contributed by atoms with Crippen LogP contribution in [-0.2, 0) is 9.59 Å². The van der Waals surface area contributed by atoms with Crippen molar-refractivity contribution in [1.29, 1.82) is 0 Å². The summed E-state index contributed by atoms with van der Waals surface area (Å²) in [5.41, 5.74) is 4.66. The summed E-state index contributed by atoms with van der Waals surface area (Å²) in [6.45, 7) is 3.77. The fraction of sp³-hybridized carbons (Fsp3) is 0.778. The van der Waals surface area contributed by atoms with Gasteiger partial charge in [-0.2, -0.15) is 0 Å². The highest BCUT2D eigenvalue weighted by Crippen LogP contribution is 2.30. The fourth-order valence-electron chi connectivity index (χ4n) is 1.36. The molecule has 0 heterocycles. The third kappa shape index (κ3) is 3.10. The second kappa shape index (κ2) is 5.37. The molecule has 1 amide bonds. The van der Waals surface area contributed by atoms with E-state index in [1.54, 1.807) is 0 Å². The van der Waals surface area contributed by atoms with Crippen molar-refractivity contribution in [2.45, 2.75) is 33.1 Å². The lowest BCUT2D eigenvalue weighted by atomic mass is 9.77. The van der Waals surface area contributed by atoms with Gasteiger partial charge in [0.2, 0.25) is 5.91 Å². The smallest absolute Gasteiger partial charge is 0.224 e. The minimum atomic E-state index is -0.634. The molecule has 0 aliphatic carbocycles. The van der Waals surface area contributed by atoms with Gasteiger partial charge < -0.3 is 5.73 Å². The standard InChI is InChI=1S/C9H16BrNO2/c1-3-9(4-2,8(11)13)5-7(12)6-10/h3-6H2,1-2H3,(H2,11,13). The molecule has 0 unspecified atom stereocenters. The van der Waals surface area contributed by atoms with Crippen molar-refractivity contribution in [3.63, 3.8) is 0 Å². The van der Waals surface area contributed by atoms with Gasteiger partial charge in [-0.1, -0.05) is 29.8 Å². The number of primary amides is 1. The second-order valence-corrected chi connectivity index (χ2v) is 3.76. The Kier molecular flexibility index (Phi) is 5.21. The average molecular weight is 250 g/mol. The van der Waals surface area contributed by atoms with Crippen LogP contribution in [0.3, 0.4) is 0 Å². The molecule has 13 heavy (non-hydrogen) atoms. The van der Waals surface area contributed by atoms with Gasteiger partial charge in [-0.3, -0.25) is 9.59 Å². The monoisotopic (exact) mass is 249 g/mol. The lowest BCUT2D eigenvalue weighted by Gasteiger charge is -2.26. The largest absolute Gasteiger partial charge is 0.369 e. The van der Waals surface area contributed by atoms with Crippen molar-refractivity contribution in [2.75, 3.05) is 5.33 Å². The molecule has 0 aromatic heterocycles. The molecule has 0 aromatic carbocycles. The molecule has 0 bridgehead atoms. The summed E-state index contributed by atoms with van der Waals surface area (Å²) in [5, 5.41) is 0.294. The van der Waals surface area contributed by atoms with Gasteiger partial charge in [0.15, 0.2) is 0 Å². The highest BCUT2D eigenvalue weighted by Gasteiger charge is 2.34. The Morgan fingerprint density at radius 3 is 2.00 bits per heavy atom. The topological polar surface area (TPSA) is 60.2 Å². The van der Waals surface area contributed by atoms with Crippen LogP contribution < -0.4 is 5.73 Å². The Labute approximate surface area is 87.2 Å². The van der Waals surface area contributed by atoms with E-state index in [1.165, 1.54) is 0 Å². The van der Waals surface area contributed by atoms with E-state index >= 15 is 0 Å². The molecule has 3 nitrogen and oxygen atoms in total. The van der Waals surface area contributed by atoms with Gasteiger partial charge in [-0.05, 0) is 12.8 Å². The highest BCUT2D eigenvalue weighted by molar-refractivity contribution is 9.09. The number of alkyl halides is 1. The lowest BCUT2D eigenvalue weighted by molar-refractivity contribution is -0.133. The first-order valence-corrected chi connectivity index (χ1v) is 5.52. The number of hydrogen-bond acceptors (Lipinski definition) is 2. The Hall–Kier alpha value is -0.380. The number of carbonyl (C=O) groups excluding carboxylic acids is 2. The van der Waals surface area contributed by atoms with Crippen LogP contribution in [0.1, 0.15) is 33.1 Å². The molecule has 0 saturated heterocycles. The molecular weight excluding hydrogens is 234 g/mol. The maximum Gasteiger partial charge on any atom is 0.224 e. The second-order valence-electron chi connectivity index (χ2n) is 3.20. The van der Waals surface area contributed by atoms with Gasteiger partial charge in [-0.25, -0.2) is 0 Å². The summed E-state index contributed by atoms with van der Waals surface area (Å²) in [4.78, 5) is 22.4. The maximum atomic E-state index is 11.2. The quantitative estimate of drug-likeness (QED) is 0.728. The Bertz CT molecular complexity index is 200. The van der Waals surface area contributed by atoms with Crippen LogP contribution in [0.15, 0.2) is 0 Å². The van der Waals surface area contributed by atoms with Gasteiger partial charge in [0.25, 0.3) is 0 Å². The summed E-state index contributed by atoms with van der Waals surface area (Å²) in [6, 6.07) is 0. The van der Waals surface area contributed by atoms with Crippen LogP contribution in [0.4, 0.5) is 0 Å². The number of rotatable bonds is 6. The minimum absolute atomic E-state index is 0.0301. The summed E-state index contributed by atoms with van der Waals surface area (Å²) < 4.78 is 0. The molecule has 0 spiro atoms. The van der Waals surface area contributed by atoms with Gasteiger partial charge in [0.1, 0.15) is 5.78 Å². The minimum Gasteiger partial charge on any atom is -0.369 e. The summed E-state index contributed by atoms with van der Waals surface area (Å²) in [5.74, 6) is -0.339. The molecule has 76 valence electrons. The summed E-state index contributed by atoms with van der Waals surface area (Å²) in [7, 11) is 0. The average Bonchev–Trinajstić information content (AvgIpc) is 2.13. The normalized spacial score (nSPS) is 11.3. The zero-order valence-corrected chi connectivity index (χ0v) is 9.69. The lowest BCUT2D eigenvalue weighted by Crippen LogP contribution is -2.38. The first-order valence-electron chi connectivity index (χ1n) is 4.40. The van der Waals surface area contributed by atoms with E-state index in [0.29, 0.717) is 18.2 Å². The van der Waals surface area contributed by atoms with Crippen molar-refractivity contribution >= 4 is 27.6 Å². The number of halogens is 1. The van der Waals surface area contributed by atoms with Crippen LogP contribution in [-0.4, -0.2) is 17.0 Å². The van der Waals surface area contributed by atoms with Crippen molar-refractivity contribution in [3.05, 3.63) is 0 Å². The van der Waals surface area contributed by atoms with Crippen LogP contribution in [0.25, 0.3) is 0 Å². The van der Waals surface area contributed by atoms with E-state index in [2.05, 4.69) is 15.9 Å². The third-order valence-corrected chi connectivity index (χ3v) is 3.19. The number of carbonyl (C=O) groups is 2. The zero-order chi connectivity index (χ0) is 10.5. The van der Waals surface area contributed by atoms with Crippen molar-refractivity contribution in [2.24, 2.45) is 11.1 Å². The van der Waals surface area contributed by atoms with Gasteiger partial charge in [-0.15, -0.1) is 0 Å². The number of amides is 1. The number of nitrogens with two attached hydrogens (primary N) is 1. The molecule has 0 radical (unpaired) electrons. The predicted molar refractivity (Wildman–Crippen MR) is 55.6 cm³/mol. The molecule has 0 fully saturated rings. The van der Waals surface area contributed by atoms with E-state index in [9.17, 15) is 9.59 Å². The number of Topliss-reactive ketones (excluding diaryl/α,β-unsaturated/α-hetero) is 1. The SMILES string of the molecule is CCC(CC)(CC(=O)CBr)C(N)=O. The molecule has 4 heteroatoms. The van der Waals surface area contributed by atoms with E-state index in [4.69, 9.17) is 5.73 Å². The van der Waals surface area contributed by atoms with Gasteiger partial charge >= 0.3 is 0 Å². The molecular formula is C9H16BrNO2. The van der Waals surface area contributed by atoms with Gasteiger partial charge in [0, 0.05) is 6.42 Å². The number of ketones is 1. The third-order valence-electron chi connectivity index (χ3n) is 2.56. The molecule has 2 N–H and O–H groups in total.